The van der Waals surface area contributed by atoms with Gasteiger partial charge < -0.3 is 20.7 Å². The Morgan fingerprint density at radius 2 is 2.10 bits per heavy atom. The number of hydrogen-bond donors (Lipinski definition) is 4. The number of H-pyrrole nitrogens is 1. The highest BCUT2D eigenvalue weighted by Gasteiger charge is 2.30. The molecule has 30 heavy (non-hydrogen) atoms. The summed E-state index contributed by atoms with van der Waals surface area (Å²) in [6, 6.07) is 7.49. The van der Waals surface area contributed by atoms with E-state index in [0.717, 1.165) is 48.2 Å². The van der Waals surface area contributed by atoms with Crippen molar-refractivity contribution in [3.05, 3.63) is 69.8 Å². The Labute approximate surface area is 181 Å². The summed E-state index contributed by atoms with van der Waals surface area (Å²) < 4.78 is 0. The van der Waals surface area contributed by atoms with E-state index >= 15 is 0 Å². The van der Waals surface area contributed by atoms with E-state index in [4.69, 9.17) is 11.6 Å². The third-order valence-electron chi connectivity index (χ3n) is 5.86. The van der Waals surface area contributed by atoms with Gasteiger partial charge in [0.1, 0.15) is 11.9 Å². The fourth-order valence-corrected chi connectivity index (χ4v) is 4.25. The second kappa shape index (κ2) is 9.16. The molecule has 1 fully saturated rings. The Bertz CT molecular complexity index is 972. The number of halogens is 1. The highest BCUT2D eigenvalue weighted by Crippen LogP contribution is 2.30. The van der Waals surface area contributed by atoms with Crippen molar-refractivity contribution in [2.24, 2.45) is 0 Å². The third-order valence-corrected chi connectivity index (χ3v) is 6.11. The maximum atomic E-state index is 13.1. The van der Waals surface area contributed by atoms with Crippen LogP contribution >= 0.6 is 11.6 Å². The summed E-state index contributed by atoms with van der Waals surface area (Å²) in [5.41, 5.74) is 4.34. The van der Waals surface area contributed by atoms with Gasteiger partial charge in [-0.1, -0.05) is 42.3 Å². The van der Waals surface area contributed by atoms with Gasteiger partial charge >= 0.3 is 0 Å². The maximum Gasteiger partial charge on any atom is 0.248 e. The minimum atomic E-state index is -0.280. The van der Waals surface area contributed by atoms with Crippen LogP contribution in [0, 0.1) is 6.92 Å². The third kappa shape index (κ3) is 4.51. The van der Waals surface area contributed by atoms with E-state index in [2.05, 4.69) is 20.6 Å². The van der Waals surface area contributed by atoms with E-state index < -0.39 is 0 Å². The molecule has 4 rings (SSSR count). The van der Waals surface area contributed by atoms with Crippen LogP contribution in [0.5, 0.6) is 0 Å². The predicted molar refractivity (Wildman–Crippen MR) is 118 cm³/mol. The molecule has 0 bridgehead atoms. The molecule has 1 aromatic carbocycles. The first-order valence-electron chi connectivity index (χ1n) is 10.4. The second-order valence-electron chi connectivity index (χ2n) is 7.93. The van der Waals surface area contributed by atoms with Gasteiger partial charge in [-0.25, -0.2) is 4.98 Å². The van der Waals surface area contributed by atoms with Crippen molar-refractivity contribution in [3.8, 4) is 0 Å². The fourth-order valence-electron chi connectivity index (χ4n) is 4.12. The van der Waals surface area contributed by atoms with E-state index in [1.54, 1.807) is 0 Å². The topological polar surface area (TPSA) is 90.0 Å². The molecule has 2 unspecified atom stereocenters. The molecule has 158 valence electrons. The van der Waals surface area contributed by atoms with Crippen molar-refractivity contribution in [2.75, 3.05) is 6.54 Å². The highest BCUT2D eigenvalue weighted by atomic mass is 35.5. The first-order chi connectivity index (χ1) is 14.5. The molecule has 1 aromatic heterocycles. The molecule has 0 spiro atoms. The Morgan fingerprint density at radius 3 is 2.77 bits per heavy atom. The lowest BCUT2D eigenvalue weighted by Crippen LogP contribution is -2.46. The number of hydrogen-bond acceptors (Lipinski definition) is 4. The molecular weight excluding hydrogens is 400 g/mol. The number of nitrogens with one attached hydrogen (secondary N) is 3. The molecule has 2 aromatic rings. The second-order valence-corrected chi connectivity index (χ2v) is 8.36. The first kappa shape index (κ1) is 20.8. The molecule has 2 heterocycles. The van der Waals surface area contributed by atoms with Gasteiger partial charge in [-0.05, 0) is 49.6 Å². The molecule has 1 amide bonds. The summed E-state index contributed by atoms with van der Waals surface area (Å²) in [5.74, 6) is 0.598. The number of amides is 1. The Morgan fingerprint density at radius 1 is 1.30 bits per heavy atom. The van der Waals surface area contributed by atoms with E-state index in [1.165, 1.54) is 0 Å². The smallest absolute Gasteiger partial charge is 0.248 e. The number of aliphatic hydroxyl groups excluding tert-OH is 1. The molecule has 0 radical (unpaired) electrons. The van der Waals surface area contributed by atoms with Crippen LogP contribution in [0.2, 0.25) is 5.02 Å². The van der Waals surface area contributed by atoms with Crippen LogP contribution in [0.15, 0.2) is 42.0 Å². The van der Waals surface area contributed by atoms with E-state index in [-0.39, 0.29) is 24.6 Å². The Balaban J connectivity index is 1.48. The summed E-state index contributed by atoms with van der Waals surface area (Å²) in [6.07, 6.45) is 7.67. The van der Waals surface area contributed by atoms with Crippen LogP contribution in [-0.2, 0) is 11.4 Å². The molecule has 0 saturated carbocycles. The highest BCUT2D eigenvalue weighted by molar-refractivity contribution is 6.30. The van der Waals surface area contributed by atoms with Crippen LogP contribution in [0.4, 0.5) is 0 Å². The minimum absolute atomic E-state index is 0.0906. The van der Waals surface area contributed by atoms with Gasteiger partial charge in [0.15, 0.2) is 0 Å². The van der Waals surface area contributed by atoms with Gasteiger partial charge in [-0.2, -0.15) is 0 Å². The number of carbonyl (C=O) groups excluding carboxylic acids is 1. The number of carbonyl (C=O) groups is 1. The summed E-state index contributed by atoms with van der Waals surface area (Å²) in [6.45, 7) is 2.69. The molecule has 1 aliphatic carbocycles. The number of imidazole rings is 1. The molecule has 1 saturated heterocycles. The lowest BCUT2D eigenvalue weighted by molar-refractivity contribution is -0.118. The van der Waals surface area contributed by atoms with Crippen molar-refractivity contribution in [1.82, 2.24) is 20.6 Å². The monoisotopic (exact) mass is 426 g/mol. The van der Waals surface area contributed by atoms with Crippen molar-refractivity contribution in [3.63, 3.8) is 0 Å². The zero-order chi connectivity index (χ0) is 21.1. The van der Waals surface area contributed by atoms with Gasteiger partial charge in [0.2, 0.25) is 5.91 Å². The molecule has 2 aliphatic rings. The van der Waals surface area contributed by atoms with Crippen LogP contribution < -0.4 is 10.6 Å². The lowest BCUT2D eigenvalue weighted by Gasteiger charge is -2.31. The number of piperidine rings is 1. The Hall–Kier alpha value is -2.41. The first-order valence-corrected chi connectivity index (χ1v) is 10.8. The van der Waals surface area contributed by atoms with Crippen molar-refractivity contribution in [2.45, 2.75) is 51.3 Å². The number of benzene rings is 1. The summed E-state index contributed by atoms with van der Waals surface area (Å²) in [4.78, 5) is 20.9. The van der Waals surface area contributed by atoms with Gasteiger partial charge in [-0.15, -0.1) is 0 Å². The molecule has 6 nitrogen and oxygen atoms in total. The number of rotatable bonds is 6. The average molecular weight is 427 g/mol. The van der Waals surface area contributed by atoms with E-state index in [9.17, 15) is 9.90 Å². The van der Waals surface area contributed by atoms with Gasteiger partial charge in [0.25, 0.3) is 0 Å². The van der Waals surface area contributed by atoms with Crippen molar-refractivity contribution < 1.29 is 9.90 Å². The van der Waals surface area contributed by atoms with Gasteiger partial charge in [0, 0.05) is 28.8 Å². The van der Waals surface area contributed by atoms with Crippen LogP contribution in [0.3, 0.4) is 0 Å². The largest absolute Gasteiger partial charge is 0.390 e. The number of allylic oxidation sites excluding steroid dienone is 3. The summed E-state index contributed by atoms with van der Waals surface area (Å²) in [7, 11) is 0. The Kier molecular flexibility index (Phi) is 6.37. The molecule has 7 heteroatoms. The number of aliphatic hydroxyl groups is 1. The van der Waals surface area contributed by atoms with E-state index in [1.807, 2.05) is 43.3 Å². The van der Waals surface area contributed by atoms with Crippen molar-refractivity contribution in [1.29, 1.82) is 0 Å². The van der Waals surface area contributed by atoms with Gasteiger partial charge in [-0.3, -0.25) is 4.79 Å². The lowest BCUT2D eigenvalue weighted by atomic mass is 9.96. The van der Waals surface area contributed by atoms with Crippen LogP contribution in [-0.4, -0.2) is 33.6 Å². The van der Waals surface area contributed by atoms with Gasteiger partial charge in [0.05, 0.1) is 12.3 Å². The number of aromatic nitrogens is 2. The number of aryl methyl sites for hydroxylation is 1. The zero-order valence-corrected chi connectivity index (χ0v) is 17.8. The molecule has 1 aliphatic heterocycles. The average Bonchev–Trinajstić information content (AvgIpc) is 3.40. The number of nitrogens with zero attached hydrogens (tertiary/aromatic N) is 1. The molecule has 2 atom stereocenters. The zero-order valence-electron chi connectivity index (χ0n) is 17.0. The predicted octanol–water partition coefficient (Wildman–Crippen LogP) is 3.58. The quantitative estimate of drug-likeness (QED) is 0.568. The standard InChI is InChI=1S/C23H27ClN4O2/c1-14-20(13-29)27-22(26-14)21(19-4-2-3-11-25-19)28-23(30)17-6-5-16(12-17)15-7-9-18(24)10-8-15/h5-10,19,21,25,29H,2-4,11-13H2,1H3,(H,26,27)(H,28,30). The molecule has 4 N–H and O–H groups in total. The van der Waals surface area contributed by atoms with Crippen molar-refractivity contribution >= 4 is 23.1 Å². The van der Waals surface area contributed by atoms with Crippen LogP contribution in [0.25, 0.3) is 5.57 Å². The SMILES string of the molecule is Cc1[nH]c(C(NC(=O)C2=CC=C(c3ccc(Cl)cc3)C2)C2CCCCN2)nc1CO. The summed E-state index contributed by atoms with van der Waals surface area (Å²) in [5, 5.41) is 16.9. The molecular formula is C23H27ClN4O2. The minimum Gasteiger partial charge on any atom is -0.390 e. The number of aromatic amines is 1. The summed E-state index contributed by atoms with van der Waals surface area (Å²) >= 11 is 5.98. The maximum absolute atomic E-state index is 13.1. The fraction of sp³-hybridized carbons (Fsp3) is 0.391. The van der Waals surface area contributed by atoms with E-state index in [0.29, 0.717) is 23.0 Å². The normalized spacial score (nSPS) is 19.9. The van der Waals surface area contributed by atoms with Crippen LogP contribution in [0.1, 0.15) is 54.5 Å².